The highest BCUT2D eigenvalue weighted by molar-refractivity contribution is 5.26. The number of para-hydroxylation sites is 1. The number of nitrogens with zero attached hydrogens (tertiary/aromatic N) is 2. The van der Waals surface area contributed by atoms with Gasteiger partial charge in [-0.05, 0) is 0 Å². The Bertz CT molecular complexity index is 466. The van der Waals surface area contributed by atoms with Crippen molar-refractivity contribution in [3.8, 4) is 5.69 Å². The number of rotatable bonds is 2. The second-order valence-corrected chi connectivity index (χ2v) is 3.06. The van der Waals surface area contributed by atoms with E-state index < -0.39 is 4.92 Å². The molecule has 0 radical (unpaired) electrons. The van der Waals surface area contributed by atoms with Crippen molar-refractivity contribution >= 4 is 5.69 Å². The molecule has 4 heteroatoms. The quantitative estimate of drug-likeness (QED) is 0.423. The summed E-state index contributed by atoms with van der Waals surface area (Å²) >= 11 is 0. The Hall–Kier alpha value is -2.23. The molecule has 0 unspecified atom stereocenters. The van der Waals surface area contributed by atoms with Crippen molar-refractivity contribution in [1.82, 2.24) is 0 Å². The van der Waals surface area contributed by atoms with Crippen LogP contribution in [-0.2, 0) is 0 Å². The summed E-state index contributed by atoms with van der Waals surface area (Å²) < 4.78 is 1.83. The minimum Gasteiger partial charge on any atom is -0.258 e. The maximum absolute atomic E-state index is 10.4. The Labute approximate surface area is 86.6 Å². The molecule has 1 aromatic heterocycles. The smallest absolute Gasteiger partial charge is 0.258 e. The van der Waals surface area contributed by atoms with Gasteiger partial charge in [-0.15, -0.1) is 0 Å². The van der Waals surface area contributed by atoms with Gasteiger partial charge in [0.15, 0.2) is 12.4 Å². The van der Waals surface area contributed by atoms with Crippen molar-refractivity contribution < 1.29 is 9.49 Å². The molecular weight excluding hydrogens is 192 g/mol. The minimum absolute atomic E-state index is 0.0992. The van der Waals surface area contributed by atoms with Gasteiger partial charge in [-0.2, -0.15) is 4.57 Å². The number of benzene rings is 1. The molecule has 0 N–H and O–H groups in total. The predicted octanol–water partition coefficient (Wildman–Crippen LogP) is 1.87. The van der Waals surface area contributed by atoms with Gasteiger partial charge in [0, 0.05) is 12.1 Å². The van der Waals surface area contributed by atoms with Crippen LogP contribution in [0.1, 0.15) is 0 Å². The summed E-state index contributed by atoms with van der Waals surface area (Å²) in [5, 5.41) is 10.4. The molecule has 4 nitrogen and oxygen atoms in total. The van der Waals surface area contributed by atoms with Crippen molar-refractivity contribution in [2.24, 2.45) is 0 Å². The maximum atomic E-state index is 10.4. The van der Waals surface area contributed by atoms with Crippen molar-refractivity contribution in [2.75, 3.05) is 0 Å². The van der Waals surface area contributed by atoms with Gasteiger partial charge in [0.05, 0.1) is 17.1 Å². The number of nitro groups is 1. The van der Waals surface area contributed by atoms with E-state index in [1.165, 1.54) is 12.1 Å². The van der Waals surface area contributed by atoms with E-state index in [2.05, 4.69) is 0 Å². The van der Waals surface area contributed by atoms with Crippen molar-refractivity contribution in [3.05, 3.63) is 65.0 Å². The number of hydrogen-bond acceptors (Lipinski definition) is 2. The first kappa shape index (κ1) is 9.33. The second kappa shape index (κ2) is 3.88. The summed E-state index contributed by atoms with van der Waals surface area (Å²) in [5.74, 6) is 0. The molecule has 1 aromatic carbocycles. The van der Waals surface area contributed by atoms with E-state index in [0.717, 1.165) is 5.69 Å². The lowest BCUT2D eigenvalue weighted by Crippen LogP contribution is -2.28. The highest BCUT2D eigenvalue weighted by Gasteiger charge is 2.09. The van der Waals surface area contributed by atoms with Crippen LogP contribution in [0.2, 0.25) is 0 Å². The van der Waals surface area contributed by atoms with Crippen LogP contribution in [0.5, 0.6) is 0 Å². The summed E-state index contributed by atoms with van der Waals surface area (Å²) in [4.78, 5) is 10.0. The lowest BCUT2D eigenvalue weighted by Gasteiger charge is -1.93. The molecule has 0 aliphatic heterocycles. The van der Waals surface area contributed by atoms with Gasteiger partial charge in [0.25, 0.3) is 5.69 Å². The summed E-state index contributed by atoms with van der Waals surface area (Å²) in [6.45, 7) is 0. The average Bonchev–Trinajstić information content (AvgIpc) is 2.30. The Kier molecular flexibility index (Phi) is 2.41. The first-order valence-corrected chi connectivity index (χ1v) is 4.48. The van der Waals surface area contributed by atoms with Crippen LogP contribution in [0.25, 0.3) is 5.69 Å². The third-order valence-corrected chi connectivity index (χ3v) is 2.08. The van der Waals surface area contributed by atoms with E-state index >= 15 is 0 Å². The Morgan fingerprint density at radius 2 is 1.60 bits per heavy atom. The molecule has 1 heterocycles. The molecule has 0 saturated heterocycles. The maximum Gasteiger partial charge on any atom is 0.281 e. The van der Waals surface area contributed by atoms with E-state index in [0.29, 0.717) is 0 Å². The van der Waals surface area contributed by atoms with Gasteiger partial charge >= 0.3 is 0 Å². The van der Waals surface area contributed by atoms with Crippen molar-refractivity contribution in [2.45, 2.75) is 0 Å². The number of pyridine rings is 1. The molecule has 0 amide bonds. The summed E-state index contributed by atoms with van der Waals surface area (Å²) in [6, 6.07) is 12.6. The lowest BCUT2D eigenvalue weighted by molar-refractivity contribution is -0.596. The third kappa shape index (κ3) is 1.99. The summed E-state index contributed by atoms with van der Waals surface area (Å²) in [5.41, 5.74) is 1.08. The van der Waals surface area contributed by atoms with Crippen LogP contribution in [0.15, 0.2) is 54.9 Å². The molecular formula is C11H9N2O2+. The van der Waals surface area contributed by atoms with E-state index in [4.69, 9.17) is 0 Å². The zero-order valence-electron chi connectivity index (χ0n) is 7.91. The molecule has 0 spiro atoms. The fourth-order valence-electron chi connectivity index (χ4n) is 1.31. The monoisotopic (exact) mass is 201 g/mol. The molecule has 74 valence electrons. The molecule has 15 heavy (non-hydrogen) atoms. The molecule has 0 saturated carbocycles. The highest BCUT2D eigenvalue weighted by atomic mass is 16.6. The molecule has 2 aromatic rings. The zero-order valence-corrected chi connectivity index (χ0v) is 7.91. The zero-order chi connectivity index (χ0) is 10.7. The van der Waals surface area contributed by atoms with Crippen LogP contribution < -0.4 is 4.57 Å². The average molecular weight is 201 g/mol. The van der Waals surface area contributed by atoms with Crippen LogP contribution in [-0.4, -0.2) is 4.92 Å². The van der Waals surface area contributed by atoms with E-state index in [1.807, 2.05) is 34.9 Å². The van der Waals surface area contributed by atoms with E-state index in [9.17, 15) is 10.1 Å². The standard InChI is InChI=1S/C11H9N2O2/c14-13(15)11-6-8-12(9-7-11)10-4-2-1-3-5-10/h1-9H/q+1. The Morgan fingerprint density at radius 3 is 2.13 bits per heavy atom. The second-order valence-electron chi connectivity index (χ2n) is 3.06. The van der Waals surface area contributed by atoms with Crippen LogP contribution in [0.3, 0.4) is 0 Å². The van der Waals surface area contributed by atoms with Gasteiger partial charge in [0.1, 0.15) is 0 Å². The van der Waals surface area contributed by atoms with Crippen LogP contribution in [0, 0.1) is 10.1 Å². The van der Waals surface area contributed by atoms with E-state index in [1.54, 1.807) is 12.4 Å². The van der Waals surface area contributed by atoms with Gasteiger partial charge in [-0.1, -0.05) is 18.2 Å². The van der Waals surface area contributed by atoms with Gasteiger partial charge in [-0.25, -0.2) is 0 Å². The highest BCUT2D eigenvalue weighted by Crippen LogP contribution is 2.07. The predicted molar refractivity (Wildman–Crippen MR) is 54.6 cm³/mol. The van der Waals surface area contributed by atoms with Crippen LogP contribution in [0.4, 0.5) is 5.69 Å². The SMILES string of the molecule is O=[N+]([O-])c1cc[n+](-c2ccccc2)cc1. The number of hydrogen-bond donors (Lipinski definition) is 0. The van der Waals surface area contributed by atoms with Gasteiger partial charge in [0.2, 0.25) is 5.69 Å². The number of aromatic nitrogens is 1. The largest absolute Gasteiger partial charge is 0.281 e. The topological polar surface area (TPSA) is 47.0 Å². The summed E-state index contributed by atoms with van der Waals surface area (Å²) in [6.07, 6.45) is 3.35. The molecule has 0 aliphatic rings. The van der Waals surface area contributed by atoms with Crippen LogP contribution >= 0.6 is 0 Å². The normalized spacial score (nSPS) is 9.87. The fraction of sp³-hybridized carbons (Fsp3) is 0. The molecule has 0 fully saturated rings. The Morgan fingerprint density at radius 1 is 1.00 bits per heavy atom. The first-order chi connectivity index (χ1) is 7.27. The fourth-order valence-corrected chi connectivity index (χ4v) is 1.31. The first-order valence-electron chi connectivity index (χ1n) is 4.48. The summed E-state index contributed by atoms with van der Waals surface area (Å²) in [7, 11) is 0. The van der Waals surface area contributed by atoms with Crippen molar-refractivity contribution in [1.29, 1.82) is 0 Å². The van der Waals surface area contributed by atoms with Gasteiger partial charge < -0.3 is 0 Å². The van der Waals surface area contributed by atoms with Gasteiger partial charge in [-0.3, -0.25) is 10.1 Å². The Balaban J connectivity index is 2.36. The van der Waals surface area contributed by atoms with Crippen molar-refractivity contribution in [3.63, 3.8) is 0 Å². The molecule has 0 aliphatic carbocycles. The molecule has 0 atom stereocenters. The molecule has 2 rings (SSSR count). The molecule has 0 bridgehead atoms. The minimum atomic E-state index is -0.407. The lowest BCUT2D eigenvalue weighted by atomic mass is 10.3. The third-order valence-electron chi connectivity index (χ3n) is 2.08. The van der Waals surface area contributed by atoms with E-state index in [-0.39, 0.29) is 5.69 Å².